The lowest BCUT2D eigenvalue weighted by Crippen LogP contribution is -2.57. The number of hydrogen-bond acceptors (Lipinski definition) is 4. The van der Waals surface area contributed by atoms with Crippen molar-refractivity contribution < 1.29 is 9.59 Å². The molecule has 0 aromatic rings. The Bertz CT molecular complexity index is 394. The van der Waals surface area contributed by atoms with E-state index < -0.39 is 5.91 Å². The Balaban J connectivity index is 1.54. The minimum Gasteiger partial charge on any atom is -0.345 e. The highest BCUT2D eigenvalue weighted by atomic mass is 16.2. The fourth-order valence-electron chi connectivity index (χ4n) is 3.99. The maximum atomic E-state index is 12.2. The van der Waals surface area contributed by atoms with Gasteiger partial charge in [-0.15, -0.1) is 0 Å². The first-order valence-corrected chi connectivity index (χ1v) is 8.17. The topological polar surface area (TPSA) is 64.7 Å². The van der Waals surface area contributed by atoms with Crippen LogP contribution in [0.5, 0.6) is 0 Å². The summed E-state index contributed by atoms with van der Waals surface area (Å²) in [6.45, 7) is 2.81. The maximum Gasteiger partial charge on any atom is 0.311 e. The molecule has 2 atom stereocenters. The molecule has 0 aromatic heterocycles. The van der Waals surface area contributed by atoms with E-state index in [4.69, 9.17) is 0 Å². The normalized spacial score (nSPS) is 33.6. The molecule has 3 aliphatic heterocycles. The molecule has 6 nitrogen and oxygen atoms in total. The van der Waals surface area contributed by atoms with Gasteiger partial charge in [0.15, 0.2) is 0 Å². The number of carbonyl (C=O) groups excluding carboxylic acids is 2. The van der Waals surface area contributed by atoms with E-state index in [1.54, 1.807) is 4.90 Å². The van der Waals surface area contributed by atoms with Crippen LogP contribution in [-0.4, -0.2) is 73.0 Å². The third kappa shape index (κ3) is 3.21. The van der Waals surface area contributed by atoms with Gasteiger partial charge in [-0.05, 0) is 32.7 Å². The van der Waals surface area contributed by atoms with Gasteiger partial charge in [0.2, 0.25) is 0 Å². The first-order valence-electron chi connectivity index (χ1n) is 8.17. The van der Waals surface area contributed by atoms with E-state index in [1.165, 1.54) is 19.3 Å². The summed E-state index contributed by atoms with van der Waals surface area (Å²) in [7, 11) is 2.19. The number of nitrogens with one attached hydrogen (secondary N) is 2. The number of fused-ring (bicyclic) bond motifs is 2. The van der Waals surface area contributed by atoms with E-state index in [2.05, 4.69) is 22.6 Å². The van der Waals surface area contributed by atoms with E-state index in [-0.39, 0.29) is 11.9 Å². The number of piperazine rings is 1. The fourth-order valence-corrected chi connectivity index (χ4v) is 3.99. The Morgan fingerprint density at radius 2 is 1.71 bits per heavy atom. The lowest BCUT2D eigenvalue weighted by molar-refractivity contribution is -0.147. The van der Waals surface area contributed by atoms with Crippen molar-refractivity contribution in [1.29, 1.82) is 0 Å². The van der Waals surface area contributed by atoms with Gasteiger partial charge in [0.1, 0.15) is 0 Å². The first kappa shape index (κ1) is 14.8. The molecule has 2 unspecified atom stereocenters. The first-order chi connectivity index (χ1) is 10.1. The smallest absolute Gasteiger partial charge is 0.311 e. The molecule has 3 aliphatic rings. The molecular weight excluding hydrogens is 268 g/mol. The molecule has 0 saturated carbocycles. The number of hydrogen-bond donors (Lipinski definition) is 2. The Hall–Kier alpha value is -1.14. The van der Waals surface area contributed by atoms with E-state index in [0.717, 1.165) is 25.9 Å². The zero-order chi connectivity index (χ0) is 14.8. The molecule has 0 aromatic carbocycles. The molecule has 2 bridgehead atoms. The van der Waals surface area contributed by atoms with Gasteiger partial charge in [-0.3, -0.25) is 9.59 Å². The molecule has 0 radical (unpaired) electrons. The molecular formula is C15H26N4O2. The molecule has 21 heavy (non-hydrogen) atoms. The zero-order valence-electron chi connectivity index (χ0n) is 12.8. The Kier molecular flexibility index (Phi) is 4.45. The summed E-state index contributed by atoms with van der Waals surface area (Å²) in [5.74, 6) is -0.773. The molecule has 118 valence electrons. The number of nitrogens with zero attached hydrogens (tertiary/aromatic N) is 2. The largest absolute Gasteiger partial charge is 0.345 e. The van der Waals surface area contributed by atoms with Gasteiger partial charge in [0.05, 0.1) is 0 Å². The van der Waals surface area contributed by atoms with Crippen molar-refractivity contribution in [3.63, 3.8) is 0 Å². The highest BCUT2D eigenvalue weighted by molar-refractivity contribution is 6.35. The van der Waals surface area contributed by atoms with Crippen LogP contribution in [0, 0.1) is 0 Å². The number of amides is 2. The lowest BCUT2D eigenvalue weighted by atomic mass is 9.82. The van der Waals surface area contributed by atoms with E-state index in [9.17, 15) is 9.59 Å². The summed E-state index contributed by atoms with van der Waals surface area (Å²) in [5, 5.41) is 6.18. The number of carbonyl (C=O) groups is 2. The second-order valence-corrected chi connectivity index (χ2v) is 6.59. The van der Waals surface area contributed by atoms with E-state index in [0.29, 0.717) is 25.2 Å². The third-order valence-electron chi connectivity index (χ3n) is 5.27. The average Bonchev–Trinajstić information content (AvgIpc) is 2.48. The standard InChI is InChI=1S/C15H26N4O2/c1-18-12-3-2-4-13(18)10-11(9-12)17-14(20)15(21)19-7-5-16-6-8-19/h11-13,16H,2-10H2,1H3,(H,17,20). The minimum atomic E-state index is -0.412. The lowest BCUT2D eigenvalue weighted by Gasteiger charge is -2.47. The minimum absolute atomic E-state index is 0.163. The zero-order valence-corrected chi connectivity index (χ0v) is 12.8. The van der Waals surface area contributed by atoms with Gasteiger partial charge >= 0.3 is 11.8 Å². The van der Waals surface area contributed by atoms with Gasteiger partial charge in [0.25, 0.3) is 0 Å². The van der Waals surface area contributed by atoms with E-state index >= 15 is 0 Å². The highest BCUT2D eigenvalue weighted by Crippen LogP contribution is 2.32. The van der Waals surface area contributed by atoms with Crippen LogP contribution >= 0.6 is 0 Å². The van der Waals surface area contributed by atoms with Crippen LogP contribution in [0.2, 0.25) is 0 Å². The molecule has 3 rings (SSSR count). The molecule has 3 fully saturated rings. The summed E-state index contributed by atoms with van der Waals surface area (Å²) in [6, 6.07) is 1.30. The van der Waals surface area contributed by atoms with Crippen LogP contribution < -0.4 is 10.6 Å². The van der Waals surface area contributed by atoms with Crippen LogP contribution in [0.1, 0.15) is 32.1 Å². The molecule has 2 amide bonds. The van der Waals surface area contributed by atoms with Gasteiger partial charge < -0.3 is 20.4 Å². The van der Waals surface area contributed by atoms with Crippen LogP contribution in [0.4, 0.5) is 0 Å². The highest BCUT2D eigenvalue weighted by Gasteiger charge is 2.37. The molecule has 3 heterocycles. The second kappa shape index (κ2) is 6.32. The average molecular weight is 294 g/mol. The van der Waals surface area contributed by atoms with Crippen molar-refractivity contribution in [3.05, 3.63) is 0 Å². The number of piperidine rings is 2. The summed E-state index contributed by atoms with van der Waals surface area (Å²) in [6.07, 6.45) is 5.68. The van der Waals surface area contributed by atoms with Crippen LogP contribution in [-0.2, 0) is 9.59 Å². The monoisotopic (exact) mass is 294 g/mol. The van der Waals surface area contributed by atoms with Crippen molar-refractivity contribution in [3.8, 4) is 0 Å². The van der Waals surface area contributed by atoms with Crippen molar-refractivity contribution in [2.75, 3.05) is 33.2 Å². The summed E-state index contributed by atoms with van der Waals surface area (Å²) < 4.78 is 0. The van der Waals surface area contributed by atoms with Crippen molar-refractivity contribution in [1.82, 2.24) is 20.4 Å². The second-order valence-electron chi connectivity index (χ2n) is 6.59. The predicted molar refractivity (Wildman–Crippen MR) is 79.8 cm³/mol. The summed E-state index contributed by atoms with van der Waals surface area (Å²) >= 11 is 0. The summed E-state index contributed by atoms with van der Waals surface area (Å²) in [5.41, 5.74) is 0. The molecule has 6 heteroatoms. The van der Waals surface area contributed by atoms with Crippen molar-refractivity contribution in [2.45, 2.75) is 50.2 Å². The fraction of sp³-hybridized carbons (Fsp3) is 0.867. The van der Waals surface area contributed by atoms with Gasteiger partial charge in [0, 0.05) is 44.3 Å². The van der Waals surface area contributed by atoms with Crippen LogP contribution in [0.15, 0.2) is 0 Å². The summed E-state index contributed by atoms with van der Waals surface area (Å²) in [4.78, 5) is 28.5. The number of rotatable bonds is 1. The SMILES string of the molecule is CN1C2CCCC1CC(NC(=O)C(=O)N1CCNCC1)C2. The van der Waals surface area contributed by atoms with E-state index in [1.807, 2.05) is 0 Å². The Morgan fingerprint density at radius 1 is 1.10 bits per heavy atom. The third-order valence-corrected chi connectivity index (χ3v) is 5.27. The van der Waals surface area contributed by atoms with Gasteiger partial charge in [-0.2, -0.15) is 0 Å². The molecule has 0 spiro atoms. The predicted octanol–water partition coefficient (Wildman–Crippen LogP) is -0.450. The van der Waals surface area contributed by atoms with Crippen LogP contribution in [0.3, 0.4) is 0 Å². The van der Waals surface area contributed by atoms with Crippen LogP contribution in [0.25, 0.3) is 0 Å². The van der Waals surface area contributed by atoms with Gasteiger partial charge in [-0.25, -0.2) is 0 Å². The molecule has 0 aliphatic carbocycles. The Labute approximate surface area is 126 Å². The molecule has 3 saturated heterocycles. The van der Waals surface area contributed by atoms with Crippen molar-refractivity contribution in [2.24, 2.45) is 0 Å². The Morgan fingerprint density at radius 3 is 2.33 bits per heavy atom. The van der Waals surface area contributed by atoms with Crippen molar-refractivity contribution >= 4 is 11.8 Å². The quantitative estimate of drug-likeness (QED) is 0.643. The maximum absolute atomic E-state index is 12.2. The molecule has 2 N–H and O–H groups in total. The van der Waals surface area contributed by atoms with Gasteiger partial charge in [-0.1, -0.05) is 6.42 Å².